The monoisotopic (exact) mass is 289 g/mol. The lowest BCUT2D eigenvalue weighted by Gasteiger charge is -2.21. The zero-order valence-electron chi connectivity index (χ0n) is 13.3. The summed E-state index contributed by atoms with van der Waals surface area (Å²) in [5.41, 5.74) is 4.24. The van der Waals surface area contributed by atoms with Crippen LogP contribution < -0.4 is 5.32 Å². The van der Waals surface area contributed by atoms with E-state index in [4.69, 9.17) is 0 Å². The number of benzene rings is 1. The fourth-order valence-corrected chi connectivity index (χ4v) is 2.65. The third-order valence-corrected chi connectivity index (χ3v) is 3.78. The first kappa shape index (κ1) is 15.7. The van der Waals surface area contributed by atoms with Crippen molar-refractivity contribution in [3.05, 3.63) is 52.6 Å². The van der Waals surface area contributed by atoms with Gasteiger partial charge in [-0.1, -0.05) is 19.9 Å². The van der Waals surface area contributed by atoms with E-state index >= 15 is 0 Å². The molecule has 0 aliphatic carbocycles. The standard InChI is InChI=1S/C17H24FN3/c1-5-14-11-16(21(7-3)20-14)17(19-6-2)15-10-13(18)9-8-12(15)4/h8-11,17,19H,5-7H2,1-4H3. The third kappa shape index (κ3) is 3.32. The molecule has 1 atom stereocenters. The SMILES string of the molecule is CCNC(c1cc(F)ccc1C)c1cc(CC)nn1CC. The molecule has 0 aliphatic rings. The first-order valence-electron chi connectivity index (χ1n) is 7.66. The van der Waals surface area contributed by atoms with Crippen LogP contribution in [0.1, 0.15) is 49.3 Å². The predicted molar refractivity (Wildman–Crippen MR) is 83.9 cm³/mol. The van der Waals surface area contributed by atoms with Gasteiger partial charge in [-0.25, -0.2) is 4.39 Å². The third-order valence-electron chi connectivity index (χ3n) is 3.78. The van der Waals surface area contributed by atoms with Crippen LogP contribution in [0.25, 0.3) is 0 Å². The Bertz CT molecular complexity index is 604. The van der Waals surface area contributed by atoms with E-state index < -0.39 is 0 Å². The van der Waals surface area contributed by atoms with E-state index in [9.17, 15) is 4.39 Å². The van der Waals surface area contributed by atoms with Gasteiger partial charge in [0.15, 0.2) is 0 Å². The molecule has 0 saturated heterocycles. The minimum absolute atomic E-state index is 0.0292. The summed E-state index contributed by atoms with van der Waals surface area (Å²) in [6.07, 6.45) is 0.904. The number of nitrogens with zero attached hydrogens (tertiary/aromatic N) is 2. The number of halogens is 1. The number of aromatic nitrogens is 2. The van der Waals surface area contributed by atoms with Crippen molar-refractivity contribution in [2.45, 2.75) is 46.7 Å². The minimum atomic E-state index is -0.197. The van der Waals surface area contributed by atoms with Gasteiger partial charge in [-0.3, -0.25) is 4.68 Å². The summed E-state index contributed by atoms with van der Waals surface area (Å²) in [7, 11) is 0. The molecule has 1 aromatic heterocycles. The lowest BCUT2D eigenvalue weighted by atomic mass is 9.98. The largest absolute Gasteiger partial charge is 0.305 e. The van der Waals surface area contributed by atoms with Gasteiger partial charge in [0.05, 0.1) is 17.4 Å². The maximum atomic E-state index is 13.7. The van der Waals surface area contributed by atoms with Crippen molar-refractivity contribution in [2.75, 3.05) is 6.54 Å². The Labute approximate surface area is 126 Å². The fourth-order valence-electron chi connectivity index (χ4n) is 2.65. The highest BCUT2D eigenvalue weighted by Gasteiger charge is 2.20. The quantitative estimate of drug-likeness (QED) is 0.880. The molecule has 0 bridgehead atoms. The second kappa shape index (κ2) is 6.85. The Hall–Kier alpha value is -1.68. The molecule has 2 rings (SSSR count). The van der Waals surface area contributed by atoms with Crippen LogP contribution in [0.5, 0.6) is 0 Å². The molecule has 0 fully saturated rings. The van der Waals surface area contributed by atoms with Crippen molar-refractivity contribution in [3.63, 3.8) is 0 Å². The van der Waals surface area contributed by atoms with Gasteiger partial charge in [0.1, 0.15) is 5.82 Å². The smallest absolute Gasteiger partial charge is 0.123 e. The lowest BCUT2D eigenvalue weighted by Crippen LogP contribution is -2.25. The molecule has 114 valence electrons. The van der Waals surface area contributed by atoms with Gasteiger partial charge in [0.25, 0.3) is 0 Å². The van der Waals surface area contributed by atoms with Crippen molar-refractivity contribution in [3.8, 4) is 0 Å². The maximum absolute atomic E-state index is 13.7. The van der Waals surface area contributed by atoms with E-state index in [-0.39, 0.29) is 11.9 Å². The number of hydrogen-bond acceptors (Lipinski definition) is 2. The van der Waals surface area contributed by atoms with Crippen LogP contribution in [-0.2, 0) is 13.0 Å². The molecule has 0 saturated carbocycles. The van der Waals surface area contributed by atoms with Crippen molar-refractivity contribution >= 4 is 0 Å². The fraction of sp³-hybridized carbons (Fsp3) is 0.471. The van der Waals surface area contributed by atoms with Gasteiger partial charge in [0.2, 0.25) is 0 Å². The topological polar surface area (TPSA) is 29.9 Å². The van der Waals surface area contributed by atoms with Gasteiger partial charge in [0, 0.05) is 6.54 Å². The molecule has 1 heterocycles. The molecular formula is C17H24FN3. The van der Waals surface area contributed by atoms with E-state index in [1.54, 1.807) is 6.07 Å². The van der Waals surface area contributed by atoms with E-state index in [0.29, 0.717) is 0 Å². The Morgan fingerprint density at radius 1 is 1.24 bits per heavy atom. The molecule has 2 aromatic rings. The lowest BCUT2D eigenvalue weighted by molar-refractivity contribution is 0.535. The Morgan fingerprint density at radius 3 is 2.62 bits per heavy atom. The van der Waals surface area contributed by atoms with E-state index in [0.717, 1.165) is 42.0 Å². The highest BCUT2D eigenvalue weighted by Crippen LogP contribution is 2.26. The summed E-state index contributed by atoms with van der Waals surface area (Å²) in [6.45, 7) is 9.89. The van der Waals surface area contributed by atoms with Crippen LogP contribution in [0.3, 0.4) is 0 Å². The average molecular weight is 289 g/mol. The second-order valence-electron chi connectivity index (χ2n) is 5.22. The zero-order chi connectivity index (χ0) is 15.4. The van der Waals surface area contributed by atoms with Gasteiger partial charge in [-0.05, 0) is 56.1 Å². The first-order valence-corrected chi connectivity index (χ1v) is 7.66. The number of rotatable bonds is 6. The number of hydrogen-bond donors (Lipinski definition) is 1. The molecule has 1 aromatic carbocycles. The Morgan fingerprint density at radius 2 is 2.00 bits per heavy atom. The molecule has 3 nitrogen and oxygen atoms in total. The van der Waals surface area contributed by atoms with Crippen LogP contribution in [0, 0.1) is 12.7 Å². The second-order valence-corrected chi connectivity index (χ2v) is 5.22. The van der Waals surface area contributed by atoms with Crippen molar-refractivity contribution in [2.24, 2.45) is 0 Å². The summed E-state index contributed by atoms with van der Waals surface area (Å²) in [4.78, 5) is 0. The van der Waals surface area contributed by atoms with Gasteiger partial charge < -0.3 is 5.32 Å². The zero-order valence-corrected chi connectivity index (χ0v) is 13.3. The number of aryl methyl sites for hydroxylation is 3. The summed E-state index contributed by atoms with van der Waals surface area (Å²) < 4.78 is 15.7. The molecule has 0 amide bonds. The molecule has 0 aliphatic heterocycles. The van der Waals surface area contributed by atoms with Gasteiger partial charge >= 0.3 is 0 Å². The normalized spacial score (nSPS) is 12.6. The molecule has 4 heteroatoms. The summed E-state index contributed by atoms with van der Waals surface area (Å²) >= 11 is 0. The van der Waals surface area contributed by atoms with Crippen LogP contribution in [-0.4, -0.2) is 16.3 Å². The highest BCUT2D eigenvalue weighted by molar-refractivity contribution is 5.35. The maximum Gasteiger partial charge on any atom is 0.123 e. The van der Waals surface area contributed by atoms with Crippen molar-refractivity contribution in [1.82, 2.24) is 15.1 Å². The molecule has 21 heavy (non-hydrogen) atoms. The first-order chi connectivity index (χ1) is 10.1. The Balaban J connectivity index is 2.52. The van der Waals surface area contributed by atoms with E-state index in [2.05, 4.69) is 37.3 Å². The minimum Gasteiger partial charge on any atom is -0.305 e. The van der Waals surface area contributed by atoms with Crippen LogP contribution in [0.4, 0.5) is 4.39 Å². The molecule has 1 N–H and O–H groups in total. The van der Waals surface area contributed by atoms with E-state index in [1.807, 2.05) is 17.7 Å². The highest BCUT2D eigenvalue weighted by atomic mass is 19.1. The number of nitrogens with one attached hydrogen (secondary N) is 1. The van der Waals surface area contributed by atoms with Crippen molar-refractivity contribution < 1.29 is 4.39 Å². The summed E-state index contributed by atoms with van der Waals surface area (Å²) in [5, 5.41) is 8.08. The molecule has 1 unspecified atom stereocenters. The Kier molecular flexibility index (Phi) is 5.12. The van der Waals surface area contributed by atoms with Crippen LogP contribution in [0.2, 0.25) is 0 Å². The van der Waals surface area contributed by atoms with Crippen molar-refractivity contribution in [1.29, 1.82) is 0 Å². The van der Waals surface area contributed by atoms with Gasteiger partial charge in [-0.15, -0.1) is 0 Å². The van der Waals surface area contributed by atoms with Crippen LogP contribution >= 0.6 is 0 Å². The van der Waals surface area contributed by atoms with E-state index in [1.165, 1.54) is 6.07 Å². The molecular weight excluding hydrogens is 265 g/mol. The van der Waals surface area contributed by atoms with Crippen LogP contribution in [0.15, 0.2) is 24.3 Å². The molecule has 0 radical (unpaired) electrons. The molecule has 0 spiro atoms. The van der Waals surface area contributed by atoms with Gasteiger partial charge in [-0.2, -0.15) is 5.10 Å². The summed E-state index contributed by atoms with van der Waals surface area (Å²) in [5.74, 6) is -0.197. The average Bonchev–Trinajstić information content (AvgIpc) is 2.90. The predicted octanol–water partition coefficient (Wildman–Crippen LogP) is 3.61. The summed E-state index contributed by atoms with van der Waals surface area (Å²) in [6, 6.07) is 7.07.